The Morgan fingerprint density at radius 3 is 2.61 bits per heavy atom. The number of aliphatic hydroxyl groups is 1. The van der Waals surface area contributed by atoms with Gasteiger partial charge in [0, 0.05) is 12.1 Å². The molecule has 1 unspecified atom stereocenters. The zero-order valence-corrected chi connectivity index (χ0v) is 13.8. The van der Waals surface area contributed by atoms with Crippen LogP contribution in [0.25, 0.3) is 0 Å². The number of rotatable bonds is 9. The minimum atomic E-state index is -3.38. The van der Waals surface area contributed by atoms with E-state index in [2.05, 4.69) is 4.72 Å². The molecule has 1 atom stereocenters. The molecular weight excluding hydrogens is 318 g/mol. The van der Waals surface area contributed by atoms with E-state index >= 15 is 0 Å². The first-order chi connectivity index (χ1) is 11.0. The molecule has 2 N–H and O–H groups in total. The Labute approximate surface area is 136 Å². The van der Waals surface area contributed by atoms with Gasteiger partial charge in [0.05, 0.1) is 31.5 Å². The van der Waals surface area contributed by atoms with Gasteiger partial charge in [-0.2, -0.15) is 0 Å². The molecule has 23 heavy (non-hydrogen) atoms. The summed E-state index contributed by atoms with van der Waals surface area (Å²) in [5, 5.41) is 9.86. The second-order valence-electron chi connectivity index (χ2n) is 5.17. The van der Waals surface area contributed by atoms with Crippen LogP contribution in [0.5, 0.6) is 5.75 Å². The molecule has 0 aliphatic rings. The van der Waals surface area contributed by atoms with E-state index in [1.54, 1.807) is 25.3 Å². The van der Waals surface area contributed by atoms with Crippen LogP contribution in [0.4, 0.5) is 0 Å². The van der Waals surface area contributed by atoms with Gasteiger partial charge in [0.15, 0.2) is 0 Å². The Morgan fingerprint density at radius 2 is 2.00 bits per heavy atom. The van der Waals surface area contributed by atoms with Gasteiger partial charge in [0.25, 0.3) is 0 Å². The summed E-state index contributed by atoms with van der Waals surface area (Å²) >= 11 is 0. The first-order valence-corrected chi connectivity index (χ1v) is 8.96. The zero-order chi connectivity index (χ0) is 16.7. The molecule has 0 aliphatic heterocycles. The van der Waals surface area contributed by atoms with E-state index in [0.717, 1.165) is 11.3 Å². The van der Waals surface area contributed by atoms with E-state index in [-0.39, 0.29) is 12.3 Å². The smallest absolute Gasteiger partial charge is 0.211 e. The van der Waals surface area contributed by atoms with E-state index in [1.807, 2.05) is 12.1 Å². The third-order valence-electron chi connectivity index (χ3n) is 3.49. The number of ether oxygens (including phenoxy) is 1. The maximum Gasteiger partial charge on any atom is 0.211 e. The second kappa shape index (κ2) is 8.14. The molecule has 0 radical (unpaired) electrons. The summed E-state index contributed by atoms with van der Waals surface area (Å²) in [7, 11) is -1.79. The van der Waals surface area contributed by atoms with Crippen molar-refractivity contribution in [3.8, 4) is 5.75 Å². The maximum atomic E-state index is 12.0. The van der Waals surface area contributed by atoms with Gasteiger partial charge >= 0.3 is 0 Å². The normalized spacial score (nSPS) is 13.0. The Kier molecular flexibility index (Phi) is 6.20. The number of nitrogens with one attached hydrogen (secondary N) is 1. The fourth-order valence-corrected chi connectivity index (χ4v) is 3.18. The van der Waals surface area contributed by atoms with Crippen molar-refractivity contribution in [3.63, 3.8) is 0 Å². The highest BCUT2D eigenvalue weighted by atomic mass is 32.2. The summed E-state index contributed by atoms with van der Waals surface area (Å²) in [6.45, 7) is 0.178. The number of aliphatic hydroxyl groups excluding tert-OH is 1. The van der Waals surface area contributed by atoms with E-state index in [4.69, 9.17) is 9.15 Å². The quantitative estimate of drug-likeness (QED) is 0.728. The molecule has 0 aliphatic carbocycles. The summed E-state index contributed by atoms with van der Waals surface area (Å²) in [6.07, 6.45) is 2.89. The highest BCUT2D eigenvalue weighted by Gasteiger charge is 2.13. The molecule has 1 aromatic heterocycles. The molecule has 2 aromatic rings. The largest absolute Gasteiger partial charge is 0.497 e. The number of furan rings is 1. The molecule has 1 heterocycles. The highest BCUT2D eigenvalue weighted by Crippen LogP contribution is 2.16. The summed E-state index contributed by atoms with van der Waals surface area (Å²) in [5.74, 6) is 0.740. The molecule has 2 rings (SSSR count). The van der Waals surface area contributed by atoms with E-state index in [9.17, 15) is 13.5 Å². The Hall–Kier alpha value is -1.83. The molecule has 0 amide bonds. The van der Waals surface area contributed by atoms with Crippen LogP contribution in [0.1, 0.15) is 23.7 Å². The second-order valence-corrected chi connectivity index (χ2v) is 7.10. The zero-order valence-electron chi connectivity index (χ0n) is 12.9. The van der Waals surface area contributed by atoms with Crippen LogP contribution in [-0.2, 0) is 16.4 Å². The minimum Gasteiger partial charge on any atom is -0.497 e. The summed E-state index contributed by atoms with van der Waals surface area (Å²) in [5.41, 5.74) is 1.57. The molecule has 126 valence electrons. The molecule has 7 heteroatoms. The standard InChI is InChI=1S/C16H21NO5S/c1-21-15-4-2-13(3-5-15)8-11-23(19,20)17-9-6-16(18)14-7-10-22-12-14/h2-5,7,10,12,16-18H,6,8-9,11H2,1H3. The van der Waals surface area contributed by atoms with Crippen LogP contribution in [0.2, 0.25) is 0 Å². The molecular formula is C16H21NO5S. The average Bonchev–Trinajstić information content (AvgIpc) is 3.08. The lowest BCUT2D eigenvalue weighted by Crippen LogP contribution is -2.29. The van der Waals surface area contributed by atoms with Crippen LogP contribution in [0, 0.1) is 0 Å². The Morgan fingerprint density at radius 1 is 1.26 bits per heavy atom. The maximum absolute atomic E-state index is 12.0. The molecule has 0 spiro atoms. The Balaban J connectivity index is 1.75. The van der Waals surface area contributed by atoms with Crippen molar-refractivity contribution < 1.29 is 22.7 Å². The van der Waals surface area contributed by atoms with Crippen molar-refractivity contribution in [2.24, 2.45) is 0 Å². The third-order valence-corrected chi connectivity index (χ3v) is 4.87. The molecule has 1 aromatic carbocycles. The number of hydrogen-bond donors (Lipinski definition) is 2. The lowest BCUT2D eigenvalue weighted by Gasteiger charge is -2.10. The molecule has 0 bridgehead atoms. The number of aryl methyl sites for hydroxylation is 1. The third kappa shape index (κ3) is 5.70. The molecule has 0 fully saturated rings. The SMILES string of the molecule is COc1ccc(CCS(=O)(=O)NCCC(O)c2ccoc2)cc1. The van der Waals surface area contributed by atoms with Crippen LogP contribution < -0.4 is 9.46 Å². The number of methoxy groups -OCH3 is 1. The topological polar surface area (TPSA) is 88.8 Å². The van der Waals surface area contributed by atoms with Crippen molar-refractivity contribution in [1.82, 2.24) is 4.72 Å². The summed E-state index contributed by atoms with van der Waals surface area (Å²) < 4.78 is 36.4. The number of sulfonamides is 1. The first kappa shape index (κ1) is 17.5. The van der Waals surface area contributed by atoms with Crippen molar-refractivity contribution in [1.29, 1.82) is 0 Å². The van der Waals surface area contributed by atoms with Gasteiger partial charge in [0.2, 0.25) is 10.0 Å². The van der Waals surface area contributed by atoms with Gasteiger partial charge < -0.3 is 14.3 Å². The van der Waals surface area contributed by atoms with Gasteiger partial charge in [-0.25, -0.2) is 13.1 Å². The number of hydrogen-bond acceptors (Lipinski definition) is 5. The molecule has 0 saturated carbocycles. The molecule has 0 saturated heterocycles. The highest BCUT2D eigenvalue weighted by molar-refractivity contribution is 7.89. The monoisotopic (exact) mass is 339 g/mol. The van der Waals surface area contributed by atoms with E-state index in [0.29, 0.717) is 18.4 Å². The average molecular weight is 339 g/mol. The van der Waals surface area contributed by atoms with Crippen molar-refractivity contribution in [2.75, 3.05) is 19.4 Å². The predicted octanol–water partition coefficient (Wildman–Crippen LogP) is 1.87. The fraction of sp³-hybridized carbons (Fsp3) is 0.375. The first-order valence-electron chi connectivity index (χ1n) is 7.30. The van der Waals surface area contributed by atoms with Gasteiger partial charge in [0.1, 0.15) is 5.75 Å². The van der Waals surface area contributed by atoms with Crippen LogP contribution in [0.15, 0.2) is 47.3 Å². The van der Waals surface area contributed by atoms with Crippen LogP contribution >= 0.6 is 0 Å². The van der Waals surface area contributed by atoms with Gasteiger partial charge in [-0.05, 0) is 36.6 Å². The summed E-state index contributed by atoms with van der Waals surface area (Å²) in [4.78, 5) is 0. The predicted molar refractivity (Wildman–Crippen MR) is 86.8 cm³/mol. The Bertz CT molecular complexity index is 680. The van der Waals surface area contributed by atoms with Crippen molar-refractivity contribution in [2.45, 2.75) is 18.9 Å². The van der Waals surface area contributed by atoms with Gasteiger partial charge in [-0.3, -0.25) is 0 Å². The van der Waals surface area contributed by atoms with Gasteiger partial charge in [-0.15, -0.1) is 0 Å². The summed E-state index contributed by atoms with van der Waals surface area (Å²) in [6, 6.07) is 8.95. The fourth-order valence-electron chi connectivity index (χ4n) is 2.10. The van der Waals surface area contributed by atoms with Crippen LogP contribution in [0.3, 0.4) is 0 Å². The minimum absolute atomic E-state index is 0.00113. The van der Waals surface area contributed by atoms with E-state index in [1.165, 1.54) is 12.5 Å². The number of benzene rings is 1. The van der Waals surface area contributed by atoms with E-state index < -0.39 is 16.1 Å². The lowest BCUT2D eigenvalue weighted by molar-refractivity contribution is 0.168. The lowest BCUT2D eigenvalue weighted by atomic mass is 10.1. The molecule has 6 nitrogen and oxygen atoms in total. The van der Waals surface area contributed by atoms with Crippen molar-refractivity contribution in [3.05, 3.63) is 54.0 Å². The van der Waals surface area contributed by atoms with Gasteiger partial charge in [-0.1, -0.05) is 12.1 Å². The van der Waals surface area contributed by atoms with Crippen molar-refractivity contribution >= 4 is 10.0 Å². The van der Waals surface area contributed by atoms with Crippen LogP contribution in [-0.4, -0.2) is 32.9 Å².